The van der Waals surface area contributed by atoms with E-state index >= 15 is 0 Å². The molecule has 1 atom stereocenters. The van der Waals surface area contributed by atoms with Crippen molar-refractivity contribution in [2.75, 3.05) is 13.2 Å². The van der Waals surface area contributed by atoms with Gasteiger partial charge in [0.1, 0.15) is 13.2 Å². The van der Waals surface area contributed by atoms with Crippen LogP contribution in [0.1, 0.15) is 303 Å². The number of carbonyl (C=O) groups excluding carboxylic acids is 3. The maximum atomic E-state index is 12.9. The molecule has 0 heterocycles. The highest BCUT2D eigenvalue weighted by Crippen LogP contribution is 2.16. The minimum Gasteiger partial charge on any atom is -0.462 e. The Balaban J connectivity index is 4.33. The number of hydrogen-bond acceptors (Lipinski definition) is 6. The molecule has 460 valence electrons. The Morgan fingerprint density at radius 3 is 0.691 bits per heavy atom. The average molecular weight is 1120 g/mol. The molecule has 0 aromatic heterocycles. The normalized spacial score (nSPS) is 13.0. The number of carbonyl (C=O) groups is 3. The molecule has 0 spiro atoms. The molecule has 0 aromatic rings. The third-order valence-corrected chi connectivity index (χ3v) is 14.1. The monoisotopic (exact) mass is 1120 g/mol. The van der Waals surface area contributed by atoms with Gasteiger partial charge in [-0.25, -0.2) is 0 Å². The number of ether oxygens (including phenoxy) is 3. The highest BCUT2D eigenvalue weighted by atomic mass is 16.6. The van der Waals surface area contributed by atoms with E-state index < -0.39 is 6.10 Å². The SMILES string of the molecule is CC/C=C\C/C=C\C/C=C\C/C=C\C/C=C\CCCCCCCCCCCCCCCC(=O)OCC(COC(=O)CCCCCCCCC/C=C\C/C=C\C/C=C\CC)OC(=O)CCCCCCCCC/C=C\C/C=C\C/C=C\CC. The van der Waals surface area contributed by atoms with Crippen molar-refractivity contribution in [3.8, 4) is 0 Å². The van der Waals surface area contributed by atoms with E-state index in [1.165, 1.54) is 122 Å². The molecule has 0 saturated carbocycles. The van der Waals surface area contributed by atoms with Crippen molar-refractivity contribution in [3.63, 3.8) is 0 Å². The van der Waals surface area contributed by atoms with Crippen molar-refractivity contribution in [2.45, 2.75) is 309 Å². The van der Waals surface area contributed by atoms with Crippen LogP contribution >= 0.6 is 0 Å². The first-order chi connectivity index (χ1) is 40.0. The van der Waals surface area contributed by atoms with Crippen LogP contribution < -0.4 is 0 Å². The summed E-state index contributed by atoms with van der Waals surface area (Å²) in [5, 5.41) is 0. The largest absolute Gasteiger partial charge is 0.462 e. The third-order valence-electron chi connectivity index (χ3n) is 14.1. The molecule has 0 bridgehead atoms. The quantitative estimate of drug-likeness (QED) is 0.0261. The van der Waals surface area contributed by atoms with Gasteiger partial charge in [0.05, 0.1) is 0 Å². The summed E-state index contributed by atoms with van der Waals surface area (Å²) in [4.78, 5) is 38.4. The lowest BCUT2D eigenvalue weighted by atomic mass is 10.0. The maximum absolute atomic E-state index is 12.9. The molecule has 81 heavy (non-hydrogen) atoms. The third kappa shape index (κ3) is 66.2. The van der Waals surface area contributed by atoms with Gasteiger partial charge in [0.25, 0.3) is 0 Å². The molecule has 0 saturated heterocycles. The van der Waals surface area contributed by atoms with Gasteiger partial charge in [-0.15, -0.1) is 0 Å². The predicted molar refractivity (Wildman–Crippen MR) is 353 cm³/mol. The minimum absolute atomic E-state index is 0.0880. The van der Waals surface area contributed by atoms with Crippen LogP contribution in [0.3, 0.4) is 0 Å². The highest BCUT2D eigenvalue weighted by Gasteiger charge is 2.19. The van der Waals surface area contributed by atoms with E-state index in [1.807, 2.05) is 0 Å². The number of hydrogen-bond donors (Lipinski definition) is 0. The van der Waals surface area contributed by atoms with Crippen LogP contribution in [0.2, 0.25) is 0 Å². The van der Waals surface area contributed by atoms with Gasteiger partial charge in [0.15, 0.2) is 6.10 Å². The number of allylic oxidation sites excluding steroid dienone is 22. The summed E-state index contributed by atoms with van der Waals surface area (Å²) >= 11 is 0. The van der Waals surface area contributed by atoms with E-state index in [-0.39, 0.29) is 31.1 Å². The zero-order valence-electron chi connectivity index (χ0n) is 52.8. The van der Waals surface area contributed by atoms with Crippen LogP contribution in [-0.4, -0.2) is 37.2 Å². The Labute approximate surface area is 500 Å². The van der Waals surface area contributed by atoms with Crippen molar-refractivity contribution in [1.29, 1.82) is 0 Å². The molecule has 0 amide bonds. The smallest absolute Gasteiger partial charge is 0.306 e. The Morgan fingerprint density at radius 2 is 0.444 bits per heavy atom. The maximum Gasteiger partial charge on any atom is 0.306 e. The first-order valence-corrected chi connectivity index (χ1v) is 33.7. The summed E-state index contributed by atoms with van der Waals surface area (Å²) in [7, 11) is 0. The summed E-state index contributed by atoms with van der Waals surface area (Å²) in [5.74, 6) is -0.902. The predicted octanol–water partition coefficient (Wildman–Crippen LogP) is 23.3. The van der Waals surface area contributed by atoms with Gasteiger partial charge in [0, 0.05) is 19.3 Å². The highest BCUT2D eigenvalue weighted by molar-refractivity contribution is 5.71. The van der Waals surface area contributed by atoms with Crippen molar-refractivity contribution < 1.29 is 28.6 Å². The fourth-order valence-corrected chi connectivity index (χ4v) is 9.21. The Morgan fingerprint density at radius 1 is 0.247 bits per heavy atom. The van der Waals surface area contributed by atoms with Gasteiger partial charge in [-0.05, 0) is 128 Å². The van der Waals surface area contributed by atoms with Gasteiger partial charge in [0.2, 0.25) is 0 Å². The lowest BCUT2D eigenvalue weighted by Crippen LogP contribution is -2.30. The van der Waals surface area contributed by atoms with Crippen LogP contribution in [0, 0.1) is 0 Å². The van der Waals surface area contributed by atoms with E-state index in [0.717, 1.165) is 141 Å². The first kappa shape index (κ1) is 76.5. The lowest BCUT2D eigenvalue weighted by Gasteiger charge is -2.18. The van der Waals surface area contributed by atoms with Gasteiger partial charge < -0.3 is 14.2 Å². The van der Waals surface area contributed by atoms with Crippen LogP contribution in [-0.2, 0) is 28.6 Å². The second kappa shape index (κ2) is 68.1. The second-order valence-corrected chi connectivity index (χ2v) is 21.9. The van der Waals surface area contributed by atoms with Gasteiger partial charge in [-0.2, -0.15) is 0 Å². The second-order valence-electron chi connectivity index (χ2n) is 21.9. The lowest BCUT2D eigenvalue weighted by molar-refractivity contribution is -0.167. The molecule has 0 aliphatic heterocycles. The molecular weight excluding hydrogens is 997 g/mol. The topological polar surface area (TPSA) is 78.9 Å². The van der Waals surface area contributed by atoms with Crippen molar-refractivity contribution in [1.82, 2.24) is 0 Å². The molecule has 0 fully saturated rings. The van der Waals surface area contributed by atoms with E-state index in [0.29, 0.717) is 19.3 Å². The van der Waals surface area contributed by atoms with Crippen LogP contribution in [0.4, 0.5) is 0 Å². The Kier molecular flexibility index (Phi) is 64.3. The number of unbranched alkanes of at least 4 members (excludes halogenated alkanes) is 27. The van der Waals surface area contributed by atoms with Crippen molar-refractivity contribution in [2.24, 2.45) is 0 Å². The van der Waals surface area contributed by atoms with Crippen LogP contribution in [0.15, 0.2) is 134 Å². The summed E-state index contributed by atoms with van der Waals surface area (Å²) in [6.45, 7) is 6.31. The Bertz CT molecular complexity index is 1720. The summed E-state index contributed by atoms with van der Waals surface area (Å²) in [6.07, 6.45) is 96.1. The fraction of sp³-hybridized carbons (Fsp3) is 0.667. The molecular formula is C75H124O6. The molecule has 0 aliphatic carbocycles. The van der Waals surface area contributed by atoms with Gasteiger partial charge >= 0.3 is 17.9 Å². The van der Waals surface area contributed by atoms with Crippen molar-refractivity contribution >= 4 is 17.9 Å². The van der Waals surface area contributed by atoms with E-state index in [2.05, 4.69) is 154 Å². The Hall–Kier alpha value is -4.45. The summed E-state index contributed by atoms with van der Waals surface area (Å²) < 4.78 is 17.0. The molecule has 0 aliphatic rings. The molecule has 6 heteroatoms. The minimum atomic E-state index is -0.794. The van der Waals surface area contributed by atoms with Gasteiger partial charge in [-0.1, -0.05) is 289 Å². The molecule has 1 unspecified atom stereocenters. The van der Waals surface area contributed by atoms with E-state index in [1.54, 1.807) is 0 Å². The zero-order valence-corrected chi connectivity index (χ0v) is 52.8. The van der Waals surface area contributed by atoms with Gasteiger partial charge in [-0.3, -0.25) is 14.4 Å². The first-order valence-electron chi connectivity index (χ1n) is 33.7. The molecule has 0 aromatic carbocycles. The van der Waals surface area contributed by atoms with Crippen LogP contribution in [0.5, 0.6) is 0 Å². The molecule has 0 radical (unpaired) electrons. The van der Waals surface area contributed by atoms with E-state index in [4.69, 9.17) is 14.2 Å². The number of rotatable bonds is 60. The van der Waals surface area contributed by atoms with Crippen LogP contribution in [0.25, 0.3) is 0 Å². The molecule has 6 nitrogen and oxygen atoms in total. The average Bonchev–Trinajstić information content (AvgIpc) is 3.47. The fourth-order valence-electron chi connectivity index (χ4n) is 9.21. The van der Waals surface area contributed by atoms with Crippen molar-refractivity contribution in [3.05, 3.63) is 134 Å². The molecule has 0 rings (SSSR count). The summed E-state index contributed by atoms with van der Waals surface area (Å²) in [6, 6.07) is 0. The summed E-state index contributed by atoms with van der Waals surface area (Å²) in [5.41, 5.74) is 0. The standard InChI is InChI=1S/C75H124O6/c1-4-7-10-13-16-19-22-25-28-31-32-33-34-35-36-37-38-39-40-41-42-45-47-50-53-56-59-62-65-68-74(77)80-71-72(81-75(78)69-66-63-60-57-54-51-48-44-30-27-24-21-18-15-12-9-6-3)70-79-73(76)67-64-61-58-55-52-49-46-43-29-26-23-20-17-14-11-8-5-2/h7-12,16-21,25-30,32-33,35-36,72H,4-6,13-15,22-24,31,34,37-71H2,1-3H3/b10-7-,11-8-,12-9-,19-16-,20-17-,21-18-,28-25-,29-26-,30-27-,33-32-,36-35-. The molecule has 0 N–H and O–H groups in total. The van der Waals surface area contributed by atoms with E-state index in [9.17, 15) is 14.4 Å². The zero-order chi connectivity index (χ0) is 58.5. The number of esters is 3.